The summed E-state index contributed by atoms with van der Waals surface area (Å²) >= 11 is 0. The van der Waals surface area contributed by atoms with Gasteiger partial charge < -0.3 is 5.32 Å². The molecule has 0 saturated heterocycles. The Morgan fingerprint density at radius 2 is 1.21 bits per heavy atom. The fourth-order valence-electron chi connectivity index (χ4n) is 1.63. The number of para-hydroxylation sites is 1. The van der Waals surface area contributed by atoms with Gasteiger partial charge in [0.05, 0.1) is 0 Å². The summed E-state index contributed by atoms with van der Waals surface area (Å²) in [5.41, 5.74) is 1.80. The van der Waals surface area contributed by atoms with Gasteiger partial charge in [0.2, 0.25) is 5.82 Å². The predicted molar refractivity (Wildman–Crippen MR) is 72.8 cm³/mol. The molecule has 0 spiro atoms. The smallest absolute Gasteiger partial charge is 0.266 e. The van der Waals surface area contributed by atoms with Crippen LogP contribution in [0, 0.1) is 0 Å². The maximum absolute atomic E-state index is 4.06. The quantitative estimate of drug-likeness (QED) is 0.773. The van der Waals surface area contributed by atoms with Crippen LogP contribution in [0.4, 0.5) is 11.6 Å². The third-order valence-electron chi connectivity index (χ3n) is 2.54. The van der Waals surface area contributed by atoms with Crippen LogP contribution in [0.1, 0.15) is 0 Å². The summed E-state index contributed by atoms with van der Waals surface area (Å²) in [4.78, 5) is 0. The molecular formula is C14H11N5. The average Bonchev–Trinajstić information content (AvgIpc) is 2.50. The summed E-state index contributed by atoms with van der Waals surface area (Å²) < 4.78 is 0. The van der Waals surface area contributed by atoms with Crippen LogP contribution in [0.5, 0.6) is 0 Å². The second-order valence-electron chi connectivity index (χ2n) is 3.90. The second kappa shape index (κ2) is 5.22. The van der Waals surface area contributed by atoms with E-state index in [2.05, 4.69) is 25.7 Å². The number of nitrogens with zero attached hydrogens (tertiary/aromatic N) is 4. The van der Waals surface area contributed by atoms with Crippen molar-refractivity contribution in [2.24, 2.45) is 0 Å². The van der Waals surface area contributed by atoms with Gasteiger partial charge in [0.15, 0.2) is 0 Å². The molecule has 5 heteroatoms. The van der Waals surface area contributed by atoms with Crippen LogP contribution in [0.15, 0.2) is 60.7 Å². The summed E-state index contributed by atoms with van der Waals surface area (Å²) in [5.74, 6) is 0.894. The zero-order chi connectivity index (χ0) is 12.9. The van der Waals surface area contributed by atoms with Gasteiger partial charge >= 0.3 is 0 Å². The summed E-state index contributed by atoms with van der Waals surface area (Å²) in [6.45, 7) is 0. The van der Waals surface area contributed by atoms with Gasteiger partial charge in [-0.25, -0.2) is 0 Å². The molecule has 3 rings (SSSR count). The Bertz CT molecular complexity index is 638. The van der Waals surface area contributed by atoms with Crippen molar-refractivity contribution >= 4 is 11.6 Å². The van der Waals surface area contributed by atoms with E-state index in [0.717, 1.165) is 11.3 Å². The Hall–Kier alpha value is -2.82. The highest BCUT2D eigenvalue weighted by molar-refractivity contribution is 5.55. The molecule has 0 bridgehead atoms. The van der Waals surface area contributed by atoms with Crippen LogP contribution in [0.3, 0.4) is 0 Å². The standard InChI is InChI=1S/C14H11N5/c1-3-7-11(8-4-1)13-16-18-14(19-17-13)15-12-9-5-2-6-10-12/h1-10H,(H,15,18,19). The Kier molecular flexibility index (Phi) is 3.10. The summed E-state index contributed by atoms with van der Waals surface area (Å²) in [5, 5.41) is 19.2. The number of nitrogens with one attached hydrogen (secondary N) is 1. The van der Waals surface area contributed by atoms with Gasteiger partial charge in [-0.2, -0.15) is 0 Å². The van der Waals surface area contributed by atoms with Crippen LogP contribution in [0.25, 0.3) is 11.4 Å². The average molecular weight is 249 g/mol. The third kappa shape index (κ3) is 2.71. The molecular weight excluding hydrogens is 238 g/mol. The molecule has 92 valence electrons. The largest absolute Gasteiger partial charge is 0.322 e. The number of anilines is 2. The fourth-order valence-corrected chi connectivity index (χ4v) is 1.63. The lowest BCUT2D eigenvalue weighted by molar-refractivity contribution is 0.876. The van der Waals surface area contributed by atoms with E-state index >= 15 is 0 Å². The molecule has 0 aliphatic rings. The van der Waals surface area contributed by atoms with E-state index in [-0.39, 0.29) is 0 Å². The van der Waals surface area contributed by atoms with E-state index in [9.17, 15) is 0 Å². The van der Waals surface area contributed by atoms with Crippen molar-refractivity contribution in [2.75, 3.05) is 5.32 Å². The van der Waals surface area contributed by atoms with Gasteiger partial charge in [-0.1, -0.05) is 48.5 Å². The maximum atomic E-state index is 4.06. The lowest BCUT2D eigenvalue weighted by Gasteiger charge is -2.03. The van der Waals surface area contributed by atoms with Crippen LogP contribution < -0.4 is 5.32 Å². The van der Waals surface area contributed by atoms with Gasteiger partial charge in [0, 0.05) is 11.3 Å². The van der Waals surface area contributed by atoms with Gasteiger partial charge in [-0.05, 0) is 12.1 Å². The van der Waals surface area contributed by atoms with Gasteiger partial charge in [0.25, 0.3) is 5.95 Å². The van der Waals surface area contributed by atoms with Crippen molar-refractivity contribution in [3.8, 4) is 11.4 Å². The van der Waals surface area contributed by atoms with E-state index in [1.807, 2.05) is 60.7 Å². The second-order valence-corrected chi connectivity index (χ2v) is 3.90. The van der Waals surface area contributed by atoms with Crippen molar-refractivity contribution in [1.29, 1.82) is 0 Å². The molecule has 0 saturated carbocycles. The molecule has 0 aliphatic carbocycles. The normalized spacial score (nSPS) is 10.1. The SMILES string of the molecule is c1ccc(Nc2nnc(-c3ccccc3)nn2)cc1. The number of benzene rings is 2. The highest BCUT2D eigenvalue weighted by Gasteiger charge is 2.03. The molecule has 3 aromatic rings. The third-order valence-corrected chi connectivity index (χ3v) is 2.54. The number of aromatic nitrogens is 4. The molecule has 0 radical (unpaired) electrons. The lowest BCUT2D eigenvalue weighted by atomic mass is 10.2. The number of hydrogen-bond acceptors (Lipinski definition) is 5. The molecule has 0 aliphatic heterocycles. The monoisotopic (exact) mass is 249 g/mol. The van der Waals surface area contributed by atoms with Crippen molar-refractivity contribution in [3.05, 3.63) is 60.7 Å². The maximum Gasteiger partial charge on any atom is 0.266 e. The van der Waals surface area contributed by atoms with Gasteiger partial charge in [0.1, 0.15) is 0 Å². The fraction of sp³-hybridized carbons (Fsp3) is 0. The molecule has 1 N–H and O–H groups in total. The molecule has 1 heterocycles. The summed E-state index contributed by atoms with van der Waals surface area (Å²) in [6, 6.07) is 19.3. The Balaban J connectivity index is 1.80. The van der Waals surface area contributed by atoms with Gasteiger partial charge in [-0.15, -0.1) is 20.4 Å². The molecule has 5 nitrogen and oxygen atoms in total. The van der Waals surface area contributed by atoms with Gasteiger partial charge in [-0.3, -0.25) is 0 Å². The van der Waals surface area contributed by atoms with Crippen LogP contribution in [-0.4, -0.2) is 20.4 Å². The first-order valence-electron chi connectivity index (χ1n) is 5.87. The number of hydrogen-bond donors (Lipinski definition) is 1. The van der Waals surface area contributed by atoms with E-state index < -0.39 is 0 Å². The first-order chi connectivity index (χ1) is 9.42. The van der Waals surface area contributed by atoms with E-state index in [0.29, 0.717) is 11.8 Å². The predicted octanol–water partition coefficient (Wildman–Crippen LogP) is 2.68. The molecule has 1 aromatic heterocycles. The van der Waals surface area contributed by atoms with Crippen molar-refractivity contribution in [1.82, 2.24) is 20.4 Å². The summed E-state index contributed by atoms with van der Waals surface area (Å²) in [7, 11) is 0. The van der Waals surface area contributed by atoms with E-state index in [1.165, 1.54) is 0 Å². The van der Waals surface area contributed by atoms with Crippen molar-refractivity contribution in [2.45, 2.75) is 0 Å². The first-order valence-corrected chi connectivity index (χ1v) is 5.87. The Labute approximate surface area is 110 Å². The van der Waals surface area contributed by atoms with Crippen LogP contribution in [-0.2, 0) is 0 Å². The topological polar surface area (TPSA) is 63.6 Å². The van der Waals surface area contributed by atoms with E-state index in [1.54, 1.807) is 0 Å². The minimum atomic E-state index is 0.380. The zero-order valence-corrected chi connectivity index (χ0v) is 10.1. The molecule has 19 heavy (non-hydrogen) atoms. The molecule has 0 amide bonds. The Morgan fingerprint density at radius 1 is 0.632 bits per heavy atom. The van der Waals surface area contributed by atoms with Crippen molar-refractivity contribution in [3.63, 3.8) is 0 Å². The zero-order valence-electron chi connectivity index (χ0n) is 10.1. The molecule has 0 atom stereocenters. The summed E-state index contributed by atoms with van der Waals surface area (Å²) in [6.07, 6.45) is 0. The minimum Gasteiger partial charge on any atom is -0.322 e. The Morgan fingerprint density at radius 3 is 1.84 bits per heavy atom. The molecule has 0 fully saturated rings. The number of rotatable bonds is 3. The van der Waals surface area contributed by atoms with Crippen LogP contribution in [0.2, 0.25) is 0 Å². The molecule has 2 aromatic carbocycles. The highest BCUT2D eigenvalue weighted by atomic mass is 15.3. The van der Waals surface area contributed by atoms with E-state index in [4.69, 9.17) is 0 Å². The molecule has 0 unspecified atom stereocenters. The van der Waals surface area contributed by atoms with Crippen LogP contribution >= 0.6 is 0 Å². The minimum absolute atomic E-state index is 0.380. The highest BCUT2D eigenvalue weighted by Crippen LogP contribution is 2.13. The van der Waals surface area contributed by atoms with Crippen molar-refractivity contribution < 1.29 is 0 Å². The first kappa shape index (κ1) is 11.3. The lowest BCUT2D eigenvalue weighted by Crippen LogP contribution is -2.02.